The molecular formula is C11H15NOS2. The van der Waals surface area contributed by atoms with Crippen LogP contribution in [-0.2, 0) is 6.54 Å². The third kappa shape index (κ3) is 4.18. The minimum Gasteiger partial charge on any atom is -0.333 e. The fraction of sp³-hybridized carbons (Fsp3) is 0.364. The number of carbonyl (C=O) groups excluding carboxylic acids is 1. The van der Waals surface area contributed by atoms with Gasteiger partial charge >= 0.3 is 0 Å². The Bertz CT molecular complexity index is 324. The number of thioether (sulfide) groups is 1. The predicted octanol–water partition coefficient (Wildman–Crippen LogP) is 3.28. The molecule has 0 aliphatic carbocycles. The lowest BCUT2D eigenvalue weighted by Gasteiger charge is -2.13. The molecule has 82 valence electrons. The van der Waals surface area contributed by atoms with E-state index in [-0.39, 0.29) is 5.24 Å². The topological polar surface area (TPSA) is 20.3 Å². The van der Waals surface area contributed by atoms with Crippen LogP contribution in [0.1, 0.15) is 12.5 Å². The number of rotatable bonds is 4. The molecule has 0 unspecified atom stereocenters. The van der Waals surface area contributed by atoms with E-state index in [1.165, 1.54) is 4.90 Å². The van der Waals surface area contributed by atoms with Crippen molar-refractivity contribution in [2.45, 2.75) is 18.4 Å². The van der Waals surface area contributed by atoms with Gasteiger partial charge in [0.1, 0.15) is 0 Å². The molecule has 0 saturated heterocycles. The summed E-state index contributed by atoms with van der Waals surface area (Å²) in [6, 6.07) is 8.26. The van der Waals surface area contributed by atoms with E-state index in [1.54, 1.807) is 11.9 Å². The van der Waals surface area contributed by atoms with Crippen LogP contribution in [0.15, 0.2) is 29.2 Å². The molecular weight excluding hydrogens is 226 g/mol. The first kappa shape index (κ1) is 12.5. The van der Waals surface area contributed by atoms with Crippen molar-refractivity contribution in [1.82, 2.24) is 4.90 Å². The molecule has 0 fully saturated rings. The van der Waals surface area contributed by atoms with Gasteiger partial charge in [-0.25, -0.2) is 0 Å². The maximum Gasteiger partial charge on any atom is 0.278 e. The van der Waals surface area contributed by atoms with Crippen LogP contribution in [0.2, 0.25) is 0 Å². The van der Waals surface area contributed by atoms with Crippen LogP contribution in [0.3, 0.4) is 0 Å². The third-order valence-corrected chi connectivity index (χ3v) is 3.22. The van der Waals surface area contributed by atoms with Crippen molar-refractivity contribution in [3.8, 4) is 0 Å². The maximum absolute atomic E-state index is 10.9. The second-order valence-electron chi connectivity index (χ2n) is 3.22. The second kappa shape index (κ2) is 6.08. The zero-order chi connectivity index (χ0) is 11.3. The van der Waals surface area contributed by atoms with Gasteiger partial charge in [0.25, 0.3) is 5.24 Å². The standard InChI is InChI=1S/C11H15NOS2/c1-3-15-10-6-4-9(5-7-10)8-12(2)11(13)14/h4-7H,3,8H2,1-2H3,(H,13,14). The molecule has 0 aromatic heterocycles. The van der Waals surface area contributed by atoms with Gasteiger partial charge in [-0.1, -0.05) is 31.7 Å². The highest BCUT2D eigenvalue weighted by Gasteiger charge is 2.03. The van der Waals surface area contributed by atoms with Crippen LogP contribution in [0.4, 0.5) is 4.79 Å². The number of hydrogen-bond acceptors (Lipinski definition) is 2. The summed E-state index contributed by atoms with van der Waals surface area (Å²) in [4.78, 5) is 13.7. The Morgan fingerprint density at radius 3 is 2.47 bits per heavy atom. The summed E-state index contributed by atoms with van der Waals surface area (Å²) in [5, 5.41) is -0.206. The van der Waals surface area contributed by atoms with Gasteiger partial charge in [0.15, 0.2) is 0 Å². The van der Waals surface area contributed by atoms with Crippen molar-refractivity contribution in [2.24, 2.45) is 0 Å². The molecule has 4 heteroatoms. The summed E-state index contributed by atoms with van der Waals surface area (Å²) in [6.07, 6.45) is 0. The quantitative estimate of drug-likeness (QED) is 0.645. The lowest BCUT2D eigenvalue weighted by atomic mass is 10.2. The molecule has 15 heavy (non-hydrogen) atoms. The Morgan fingerprint density at radius 1 is 1.40 bits per heavy atom. The Morgan fingerprint density at radius 2 is 2.00 bits per heavy atom. The summed E-state index contributed by atoms with van der Waals surface area (Å²) >= 11 is 5.57. The average Bonchev–Trinajstić information content (AvgIpc) is 2.21. The minimum atomic E-state index is -0.206. The van der Waals surface area contributed by atoms with Gasteiger partial charge in [0.2, 0.25) is 0 Å². The van der Waals surface area contributed by atoms with Gasteiger partial charge in [0.05, 0.1) is 0 Å². The SMILES string of the molecule is CCSc1ccc(CN(C)C(=O)S)cc1. The zero-order valence-electron chi connectivity index (χ0n) is 8.93. The largest absolute Gasteiger partial charge is 0.333 e. The van der Waals surface area contributed by atoms with E-state index in [1.807, 2.05) is 23.9 Å². The first-order chi connectivity index (χ1) is 7.13. The molecule has 0 atom stereocenters. The Hall–Kier alpha value is -0.610. The van der Waals surface area contributed by atoms with E-state index in [2.05, 4.69) is 31.7 Å². The van der Waals surface area contributed by atoms with Gasteiger partial charge in [0, 0.05) is 18.5 Å². The van der Waals surface area contributed by atoms with E-state index in [0.29, 0.717) is 6.54 Å². The minimum absolute atomic E-state index is 0.206. The number of amides is 1. The van der Waals surface area contributed by atoms with Crippen LogP contribution < -0.4 is 0 Å². The van der Waals surface area contributed by atoms with E-state index < -0.39 is 0 Å². The summed E-state index contributed by atoms with van der Waals surface area (Å²) in [7, 11) is 1.74. The molecule has 0 aliphatic heterocycles. The van der Waals surface area contributed by atoms with Gasteiger partial charge in [-0.15, -0.1) is 11.8 Å². The molecule has 1 aromatic rings. The van der Waals surface area contributed by atoms with Crippen LogP contribution in [0.25, 0.3) is 0 Å². The first-order valence-electron chi connectivity index (χ1n) is 4.79. The van der Waals surface area contributed by atoms with Crippen molar-refractivity contribution in [1.29, 1.82) is 0 Å². The van der Waals surface area contributed by atoms with Crippen molar-refractivity contribution < 1.29 is 4.79 Å². The van der Waals surface area contributed by atoms with E-state index in [4.69, 9.17) is 0 Å². The van der Waals surface area contributed by atoms with Gasteiger partial charge in [-0.2, -0.15) is 0 Å². The highest BCUT2D eigenvalue weighted by molar-refractivity contribution is 7.99. The van der Waals surface area contributed by atoms with E-state index in [9.17, 15) is 4.79 Å². The molecule has 0 aliphatic rings. The molecule has 0 spiro atoms. The zero-order valence-corrected chi connectivity index (χ0v) is 10.6. The predicted molar refractivity (Wildman–Crippen MR) is 68.7 cm³/mol. The van der Waals surface area contributed by atoms with Crippen molar-refractivity contribution >= 4 is 29.6 Å². The fourth-order valence-electron chi connectivity index (χ4n) is 1.20. The number of thiol groups is 1. The highest BCUT2D eigenvalue weighted by Crippen LogP contribution is 2.18. The normalized spacial score (nSPS) is 10.1. The molecule has 2 nitrogen and oxygen atoms in total. The lowest BCUT2D eigenvalue weighted by molar-refractivity contribution is 0.232. The number of nitrogens with zero attached hydrogens (tertiary/aromatic N) is 1. The maximum atomic E-state index is 10.9. The number of hydrogen-bond donors (Lipinski definition) is 1. The summed E-state index contributed by atoms with van der Waals surface area (Å²) < 4.78 is 0. The van der Waals surface area contributed by atoms with E-state index >= 15 is 0 Å². The van der Waals surface area contributed by atoms with Crippen LogP contribution >= 0.6 is 24.4 Å². The van der Waals surface area contributed by atoms with Gasteiger partial charge < -0.3 is 4.90 Å². The molecule has 0 saturated carbocycles. The highest BCUT2D eigenvalue weighted by atomic mass is 32.2. The molecule has 1 rings (SSSR count). The molecule has 1 aromatic carbocycles. The number of benzene rings is 1. The Kier molecular flexibility index (Phi) is 5.05. The van der Waals surface area contributed by atoms with Gasteiger partial charge in [-0.3, -0.25) is 4.79 Å². The van der Waals surface area contributed by atoms with Gasteiger partial charge in [-0.05, 0) is 23.4 Å². The summed E-state index contributed by atoms with van der Waals surface area (Å²) in [5.74, 6) is 1.08. The smallest absolute Gasteiger partial charge is 0.278 e. The van der Waals surface area contributed by atoms with Crippen LogP contribution in [0.5, 0.6) is 0 Å². The molecule has 0 heterocycles. The third-order valence-electron chi connectivity index (χ3n) is 1.98. The Labute approximate surface area is 100 Å². The average molecular weight is 241 g/mol. The second-order valence-corrected chi connectivity index (χ2v) is 4.94. The molecule has 1 amide bonds. The first-order valence-corrected chi connectivity index (χ1v) is 6.22. The molecule has 0 bridgehead atoms. The lowest BCUT2D eigenvalue weighted by Crippen LogP contribution is -2.19. The molecule has 0 N–H and O–H groups in total. The summed E-state index contributed by atoms with van der Waals surface area (Å²) in [5.41, 5.74) is 1.13. The van der Waals surface area contributed by atoms with Crippen molar-refractivity contribution in [3.63, 3.8) is 0 Å². The fourth-order valence-corrected chi connectivity index (χ4v) is 1.93. The van der Waals surface area contributed by atoms with Crippen molar-refractivity contribution in [2.75, 3.05) is 12.8 Å². The van der Waals surface area contributed by atoms with Crippen LogP contribution in [0, 0.1) is 0 Å². The molecule has 0 radical (unpaired) electrons. The summed E-state index contributed by atoms with van der Waals surface area (Å²) in [6.45, 7) is 2.74. The van der Waals surface area contributed by atoms with E-state index in [0.717, 1.165) is 11.3 Å². The van der Waals surface area contributed by atoms with Crippen molar-refractivity contribution in [3.05, 3.63) is 29.8 Å². The monoisotopic (exact) mass is 241 g/mol. The van der Waals surface area contributed by atoms with Crippen LogP contribution in [-0.4, -0.2) is 22.9 Å². The number of carbonyl (C=O) groups is 1. The Balaban J connectivity index is 2.60.